The SMILES string of the molecule is O=C(CCc1ccc2c(c1)OCO2)N1CCOC(c2ccc(Cl)cc2)C1. The number of aryl methyl sites for hydroxylation is 1. The van der Waals surface area contributed by atoms with Crippen molar-refractivity contribution in [3.05, 3.63) is 58.6 Å². The molecule has 2 aliphatic rings. The number of hydrogen-bond donors (Lipinski definition) is 0. The first-order valence-corrected chi connectivity index (χ1v) is 9.10. The van der Waals surface area contributed by atoms with Crippen molar-refractivity contribution in [3.8, 4) is 11.5 Å². The number of benzene rings is 2. The maximum absolute atomic E-state index is 12.6. The predicted octanol–water partition coefficient (Wildman–Crippen LogP) is 3.60. The Labute approximate surface area is 157 Å². The lowest BCUT2D eigenvalue weighted by atomic mass is 10.1. The highest BCUT2D eigenvalue weighted by Crippen LogP contribution is 2.33. The molecule has 6 heteroatoms. The molecule has 1 saturated heterocycles. The van der Waals surface area contributed by atoms with Crippen LogP contribution in [0.1, 0.15) is 23.7 Å². The molecule has 5 nitrogen and oxygen atoms in total. The van der Waals surface area contributed by atoms with Gasteiger partial charge in [0.1, 0.15) is 6.10 Å². The zero-order valence-corrected chi connectivity index (χ0v) is 15.1. The summed E-state index contributed by atoms with van der Waals surface area (Å²) in [6.45, 7) is 2.01. The first-order valence-electron chi connectivity index (χ1n) is 8.72. The molecular weight excluding hydrogens is 354 g/mol. The summed E-state index contributed by atoms with van der Waals surface area (Å²) in [5, 5.41) is 0.696. The summed E-state index contributed by atoms with van der Waals surface area (Å²) in [4.78, 5) is 14.5. The standard InChI is InChI=1S/C20H20ClNO4/c21-16-5-3-15(4-6-16)19-12-22(9-10-24-19)20(23)8-2-14-1-7-17-18(11-14)26-13-25-17/h1,3-7,11,19H,2,8-10,12-13H2. The Morgan fingerprint density at radius 1 is 1.12 bits per heavy atom. The Morgan fingerprint density at radius 2 is 1.92 bits per heavy atom. The highest BCUT2D eigenvalue weighted by molar-refractivity contribution is 6.30. The summed E-state index contributed by atoms with van der Waals surface area (Å²) in [5.74, 6) is 1.66. The van der Waals surface area contributed by atoms with Crippen LogP contribution in [0.15, 0.2) is 42.5 Å². The van der Waals surface area contributed by atoms with Crippen molar-refractivity contribution in [2.24, 2.45) is 0 Å². The Kier molecular flexibility index (Phi) is 5.00. The smallest absolute Gasteiger partial charge is 0.231 e. The van der Waals surface area contributed by atoms with E-state index >= 15 is 0 Å². The third kappa shape index (κ3) is 3.79. The molecule has 0 radical (unpaired) electrons. The molecule has 1 fully saturated rings. The van der Waals surface area contributed by atoms with Crippen molar-refractivity contribution in [2.45, 2.75) is 18.9 Å². The number of ether oxygens (including phenoxy) is 3. The fourth-order valence-corrected chi connectivity index (χ4v) is 3.39. The molecule has 2 heterocycles. The van der Waals surface area contributed by atoms with Crippen LogP contribution < -0.4 is 9.47 Å². The van der Waals surface area contributed by atoms with Gasteiger partial charge in [0, 0.05) is 18.0 Å². The third-order valence-corrected chi connectivity index (χ3v) is 4.98. The number of morpholine rings is 1. The van der Waals surface area contributed by atoms with Gasteiger partial charge in [0.2, 0.25) is 12.7 Å². The van der Waals surface area contributed by atoms with Gasteiger partial charge < -0.3 is 19.1 Å². The number of amides is 1. The fraction of sp³-hybridized carbons (Fsp3) is 0.350. The lowest BCUT2D eigenvalue weighted by Crippen LogP contribution is -2.42. The van der Waals surface area contributed by atoms with E-state index in [2.05, 4.69) is 0 Å². The topological polar surface area (TPSA) is 48.0 Å². The van der Waals surface area contributed by atoms with Crippen LogP contribution in [0.3, 0.4) is 0 Å². The van der Waals surface area contributed by atoms with E-state index in [1.165, 1.54) is 0 Å². The lowest BCUT2D eigenvalue weighted by molar-refractivity contribution is -0.139. The molecule has 0 aliphatic carbocycles. The van der Waals surface area contributed by atoms with E-state index < -0.39 is 0 Å². The van der Waals surface area contributed by atoms with Gasteiger partial charge in [-0.1, -0.05) is 29.8 Å². The highest BCUT2D eigenvalue weighted by atomic mass is 35.5. The van der Waals surface area contributed by atoms with Gasteiger partial charge in [-0.15, -0.1) is 0 Å². The van der Waals surface area contributed by atoms with E-state index in [0.717, 1.165) is 22.6 Å². The number of nitrogens with zero attached hydrogens (tertiary/aromatic N) is 1. The van der Waals surface area contributed by atoms with Crippen molar-refractivity contribution >= 4 is 17.5 Å². The van der Waals surface area contributed by atoms with Gasteiger partial charge >= 0.3 is 0 Å². The van der Waals surface area contributed by atoms with E-state index in [4.69, 9.17) is 25.8 Å². The molecule has 1 amide bonds. The first kappa shape index (κ1) is 17.2. The molecule has 2 aromatic rings. The van der Waals surface area contributed by atoms with Crippen LogP contribution in [-0.2, 0) is 16.0 Å². The van der Waals surface area contributed by atoms with Crippen molar-refractivity contribution in [1.29, 1.82) is 0 Å². The van der Waals surface area contributed by atoms with E-state index in [1.54, 1.807) is 0 Å². The predicted molar refractivity (Wildman–Crippen MR) is 97.6 cm³/mol. The second-order valence-corrected chi connectivity index (χ2v) is 6.87. The van der Waals surface area contributed by atoms with Crippen LogP contribution in [-0.4, -0.2) is 37.3 Å². The third-order valence-electron chi connectivity index (χ3n) is 4.73. The van der Waals surface area contributed by atoms with Crippen LogP contribution in [0, 0.1) is 0 Å². The van der Waals surface area contributed by atoms with Gasteiger partial charge in [0.15, 0.2) is 11.5 Å². The van der Waals surface area contributed by atoms with Gasteiger partial charge in [0.05, 0.1) is 13.2 Å². The Bertz CT molecular complexity index is 793. The molecule has 26 heavy (non-hydrogen) atoms. The molecule has 0 spiro atoms. The minimum absolute atomic E-state index is 0.101. The van der Waals surface area contributed by atoms with Gasteiger partial charge in [-0.3, -0.25) is 4.79 Å². The van der Waals surface area contributed by atoms with Crippen molar-refractivity contribution < 1.29 is 19.0 Å². The molecule has 1 atom stereocenters. The van der Waals surface area contributed by atoms with E-state index in [-0.39, 0.29) is 18.8 Å². The summed E-state index contributed by atoms with van der Waals surface area (Å²) in [6.07, 6.45) is 1.04. The number of hydrogen-bond acceptors (Lipinski definition) is 4. The van der Waals surface area contributed by atoms with Crippen LogP contribution in [0.4, 0.5) is 0 Å². The monoisotopic (exact) mass is 373 g/mol. The quantitative estimate of drug-likeness (QED) is 0.821. The van der Waals surface area contributed by atoms with E-state index in [9.17, 15) is 4.79 Å². The molecule has 0 saturated carbocycles. The molecule has 2 aromatic carbocycles. The van der Waals surface area contributed by atoms with Gasteiger partial charge in [-0.05, 0) is 41.8 Å². The summed E-state index contributed by atoms with van der Waals surface area (Å²) >= 11 is 5.94. The summed E-state index contributed by atoms with van der Waals surface area (Å²) in [7, 11) is 0. The van der Waals surface area contributed by atoms with Crippen LogP contribution in [0.5, 0.6) is 11.5 Å². The maximum atomic E-state index is 12.6. The average molecular weight is 374 g/mol. The zero-order chi connectivity index (χ0) is 17.9. The van der Waals surface area contributed by atoms with Gasteiger partial charge in [-0.25, -0.2) is 0 Å². The van der Waals surface area contributed by atoms with Crippen LogP contribution >= 0.6 is 11.6 Å². The van der Waals surface area contributed by atoms with Gasteiger partial charge in [-0.2, -0.15) is 0 Å². The second kappa shape index (κ2) is 7.56. The Morgan fingerprint density at radius 3 is 2.77 bits per heavy atom. The van der Waals surface area contributed by atoms with Gasteiger partial charge in [0.25, 0.3) is 0 Å². The first-order chi connectivity index (χ1) is 12.7. The normalized spacial score (nSPS) is 18.8. The van der Waals surface area contributed by atoms with E-state index in [0.29, 0.717) is 37.6 Å². The van der Waals surface area contributed by atoms with E-state index in [1.807, 2.05) is 47.4 Å². The lowest BCUT2D eigenvalue weighted by Gasteiger charge is -2.33. The molecule has 0 bridgehead atoms. The number of carbonyl (C=O) groups excluding carboxylic acids is 1. The summed E-state index contributed by atoms with van der Waals surface area (Å²) in [6, 6.07) is 13.4. The zero-order valence-electron chi connectivity index (χ0n) is 14.3. The van der Waals surface area contributed by atoms with Crippen LogP contribution in [0.25, 0.3) is 0 Å². The average Bonchev–Trinajstić information content (AvgIpc) is 3.14. The maximum Gasteiger partial charge on any atom is 0.231 e. The molecule has 4 rings (SSSR count). The minimum Gasteiger partial charge on any atom is -0.454 e. The molecule has 0 aromatic heterocycles. The molecule has 2 aliphatic heterocycles. The number of halogens is 1. The largest absolute Gasteiger partial charge is 0.454 e. The van der Waals surface area contributed by atoms with Crippen molar-refractivity contribution in [1.82, 2.24) is 4.90 Å². The second-order valence-electron chi connectivity index (χ2n) is 6.44. The molecule has 1 unspecified atom stereocenters. The Hall–Kier alpha value is -2.24. The summed E-state index contributed by atoms with van der Waals surface area (Å²) < 4.78 is 16.5. The van der Waals surface area contributed by atoms with Crippen molar-refractivity contribution in [2.75, 3.05) is 26.5 Å². The molecule has 0 N–H and O–H groups in total. The Balaban J connectivity index is 1.34. The summed E-state index contributed by atoms with van der Waals surface area (Å²) in [5.41, 5.74) is 2.12. The number of carbonyl (C=O) groups is 1. The number of rotatable bonds is 4. The fourth-order valence-electron chi connectivity index (χ4n) is 3.26. The number of fused-ring (bicyclic) bond motifs is 1. The minimum atomic E-state index is -0.101. The van der Waals surface area contributed by atoms with Crippen LogP contribution in [0.2, 0.25) is 5.02 Å². The molecular formula is C20H20ClNO4. The van der Waals surface area contributed by atoms with Crippen molar-refractivity contribution in [3.63, 3.8) is 0 Å². The highest BCUT2D eigenvalue weighted by Gasteiger charge is 2.25. The molecule has 136 valence electrons.